The van der Waals surface area contributed by atoms with E-state index < -0.39 is 6.04 Å². The van der Waals surface area contributed by atoms with Gasteiger partial charge in [0.2, 0.25) is 5.91 Å². The third kappa shape index (κ3) is 3.95. The van der Waals surface area contributed by atoms with Crippen LogP contribution in [0, 0.1) is 11.3 Å². The van der Waals surface area contributed by atoms with Crippen LogP contribution in [-0.2, 0) is 4.79 Å². The standard InChI is InChI=1S/C14H28N2O2/c1-3-11(2)12(15)13(18)16-9-14(10-17)7-5-4-6-8-14/h11-12,17H,3-10,15H2,1-2H3,(H,16,18)/t11-,12-/m0/s1. The van der Waals surface area contributed by atoms with Crippen molar-refractivity contribution in [1.82, 2.24) is 5.32 Å². The fourth-order valence-electron chi connectivity index (χ4n) is 2.60. The van der Waals surface area contributed by atoms with Crippen molar-refractivity contribution in [3.8, 4) is 0 Å². The van der Waals surface area contributed by atoms with Gasteiger partial charge in [-0.15, -0.1) is 0 Å². The molecule has 0 aromatic heterocycles. The second-order valence-corrected chi connectivity index (χ2v) is 5.85. The molecule has 0 aromatic rings. The molecule has 2 atom stereocenters. The highest BCUT2D eigenvalue weighted by Gasteiger charge is 2.32. The molecule has 1 fully saturated rings. The highest BCUT2D eigenvalue weighted by Crippen LogP contribution is 2.35. The molecule has 0 aromatic carbocycles. The van der Waals surface area contributed by atoms with E-state index in [9.17, 15) is 9.90 Å². The van der Waals surface area contributed by atoms with E-state index in [2.05, 4.69) is 5.32 Å². The number of aliphatic hydroxyl groups is 1. The van der Waals surface area contributed by atoms with Gasteiger partial charge in [-0.2, -0.15) is 0 Å². The summed E-state index contributed by atoms with van der Waals surface area (Å²) in [6.07, 6.45) is 6.44. The van der Waals surface area contributed by atoms with Crippen molar-refractivity contribution in [2.75, 3.05) is 13.2 Å². The van der Waals surface area contributed by atoms with Crippen LogP contribution in [0.25, 0.3) is 0 Å². The maximum absolute atomic E-state index is 11.9. The second kappa shape index (κ2) is 7.10. The van der Waals surface area contributed by atoms with Crippen LogP contribution in [0.3, 0.4) is 0 Å². The zero-order chi connectivity index (χ0) is 13.6. The van der Waals surface area contributed by atoms with Crippen LogP contribution < -0.4 is 11.1 Å². The first-order valence-corrected chi connectivity index (χ1v) is 7.19. The summed E-state index contributed by atoms with van der Waals surface area (Å²) in [5.74, 6) is 0.115. The highest BCUT2D eigenvalue weighted by molar-refractivity contribution is 5.81. The first-order valence-electron chi connectivity index (χ1n) is 7.19. The van der Waals surface area contributed by atoms with E-state index in [1.165, 1.54) is 6.42 Å². The largest absolute Gasteiger partial charge is 0.396 e. The van der Waals surface area contributed by atoms with Gasteiger partial charge < -0.3 is 16.2 Å². The van der Waals surface area contributed by atoms with E-state index >= 15 is 0 Å². The highest BCUT2D eigenvalue weighted by atomic mass is 16.3. The van der Waals surface area contributed by atoms with Crippen LogP contribution in [-0.4, -0.2) is 30.2 Å². The summed E-state index contributed by atoms with van der Waals surface area (Å²) in [7, 11) is 0. The van der Waals surface area contributed by atoms with E-state index in [0.717, 1.165) is 32.1 Å². The summed E-state index contributed by atoms with van der Waals surface area (Å²) in [6.45, 7) is 4.75. The van der Waals surface area contributed by atoms with Crippen molar-refractivity contribution in [3.63, 3.8) is 0 Å². The van der Waals surface area contributed by atoms with Crippen molar-refractivity contribution in [3.05, 3.63) is 0 Å². The van der Waals surface area contributed by atoms with Crippen LogP contribution in [0.5, 0.6) is 0 Å². The zero-order valence-electron chi connectivity index (χ0n) is 11.7. The summed E-state index contributed by atoms with van der Waals surface area (Å²) in [4.78, 5) is 11.9. The van der Waals surface area contributed by atoms with Crippen molar-refractivity contribution in [2.45, 2.75) is 58.4 Å². The fourth-order valence-corrected chi connectivity index (χ4v) is 2.60. The minimum atomic E-state index is -0.436. The summed E-state index contributed by atoms with van der Waals surface area (Å²) >= 11 is 0. The summed E-state index contributed by atoms with van der Waals surface area (Å²) in [6, 6.07) is -0.436. The SMILES string of the molecule is CC[C@H](C)[C@H](N)C(=O)NCC1(CO)CCCCC1. The lowest BCUT2D eigenvalue weighted by Crippen LogP contribution is -2.49. The third-order valence-corrected chi connectivity index (χ3v) is 4.45. The van der Waals surface area contributed by atoms with Gasteiger partial charge >= 0.3 is 0 Å². The molecule has 0 radical (unpaired) electrons. The molecule has 18 heavy (non-hydrogen) atoms. The molecule has 1 aliphatic carbocycles. The first kappa shape index (κ1) is 15.4. The Morgan fingerprint density at radius 1 is 1.39 bits per heavy atom. The summed E-state index contributed by atoms with van der Waals surface area (Å²) in [5.41, 5.74) is 5.79. The van der Waals surface area contributed by atoms with E-state index in [0.29, 0.717) is 6.54 Å². The topological polar surface area (TPSA) is 75.4 Å². The van der Waals surface area contributed by atoms with Crippen LogP contribution in [0.4, 0.5) is 0 Å². The van der Waals surface area contributed by atoms with Crippen molar-refractivity contribution in [2.24, 2.45) is 17.1 Å². The maximum Gasteiger partial charge on any atom is 0.237 e. The van der Waals surface area contributed by atoms with Crippen molar-refractivity contribution < 1.29 is 9.90 Å². The second-order valence-electron chi connectivity index (χ2n) is 5.85. The molecule has 1 aliphatic rings. The van der Waals surface area contributed by atoms with Gasteiger partial charge in [0.15, 0.2) is 0 Å². The molecule has 106 valence electrons. The van der Waals surface area contributed by atoms with Gasteiger partial charge in [0.1, 0.15) is 0 Å². The Morgan fingerprint density at radius 2 is 2.00 bits per heavy atom. The summed E-state index contributed by atoms with van der Waals surface area (Å²) < 4.78 is 0. The molecule has 0 unspecified atom stereocenters. The van der Waals surface area contributed by atoms with Gasteiger partial charge in [0.25, 0.3) is 0 Å². The van der Waals surface area contributed by atoms with Crippen LogP contribution >= 0.6 is 0 Å². The smallest absolute Gasteiger partial charge is 0.237 e. The number of hydrogen-bond donors (Lipinski definition) is 3. The Labute approximate surface area is 110 Å². The van der Waals surface area contributed by atoms with E-state index in [-0.39, 0.29) is 23.8 Å². The maximum atomic E-state index is 11.9. The Hall–Kier alpha value is -0.610. The number of amides is 1. The average Bonchev–Trinajstić information content (AvgIpc) is 2.44. The third-order valence-electron chi connectivity index (χ3n) is 4.45. The van der Waals surface area contributed by atoms with Gasteiger partial charge in [-0.3, -0.25) is 4.79 Å². The summed E-state index contributed by atoms with van der Waals surface area (Å²) in [5, 5.41) is 12.5. The quantitative estimate of drug-likeness (QED) is 0.673. The normalized spacial score (nSPS) is 22.2. The molecule has 0 aliphatic heterocycles. The number of nitrogens with two attached hydrogens (primary N) is 1. The number of hydrogen-bond acceptors (Lipinski definition) is 3. The molecule has 4 N–H and O–H groups in total. The molecule has 1 amide bonds. The van der Waals surface area contributed by atoms with Gasteiger partial charge in [0, 0.05) is 12.0 Å². The van der Waals surface area contributed by atoms with Gasteiger partial charge in [-0.05, 0) is 18.8 Å². The molecule has 0 bridgehead atoms. The van der Waals surface area contributed by atoms with Crippen LogP contribution in [0.2, 0.25) is 0 Å². The number of carbonyl (C=O) groups is 1. The van der Waals surface area contributed by atoms with Crippen molar-refractivity contribution >= 4 is 5.91 Å². The lowest BCUT2D eigenvalue weighted by Gasteiger charge is -2.36. The van der Waals surface area contributed by atoms with Gasteiger partial charge in [-0.25, -0.2) is 0 Å². The van der Waals surface area contributed by atoms with E-state index in [1.807, 2.05) is 13.8 Å². The van der Waals surface area contributed by atoms with Gasteiger partial charge in [0.05, 0.1) is 12.6 Å². The Balaban J connectivity index is 2.45. The number of carbonyl (C=O) groups excluding carboxylic acids is 1. The molecule has 4 nitrogen and oxygen atoms in total. The van der Waals surface area contributed by atoms with Crippen LogP contribution in [0.15, 0.2) is 0 Å². The predicted octanol–water partition coefficient (Wildman–Crippen LogP) is 1.42. The average molecular weight is 256 g/mol. The van der Waals surface area contributed by atoms with E-state index in [4.69, 9.17) is 5.73 Å². The first-order chi connectivity index (χ1) is 8.54. The number of aliphatic hydroxyl groups excluding tert-OH is 1. The lowest BCUT2D eigenvalue weighted by atomic mass is 9.74. The van der Waals surface area contributed by atoms with E-state index in [1.54, 1.807) is 0 Å². The lowest BCUT2D eigenvalue weighted by molar-refractivity contribution is -0.124. The Bertz CT molecular complexity index is 263. The Morgan fingerprint density at radius 3 is 2.50 bits per heavy atom. The minimum absolute atomic E-state index is 0.0808. The molecule has 0 saturated heterocycles. The molecule has 1 rings (SSSR count). The predicted molar refractivity (Wildman–Crippen MR) is 73.0 cm³/mol. The fraction of sp³-hybridized carbons (Fsp3) is 0.929. The molecule has 0 heterocycles. The van der Waals surface area contributed by atoms with Gasteiger partial charge in [-0.1, -0.05) is 39.5 Å². The molecule has 0 spiro atoms. The zero-order valence-corrected chi connectivity index (χ0v) is 11.7. The minimum Gasteiger partial charge on any atom is -0.396 e. The number of rotatable bonds is 6. The van der Waals surface area contributed by atoms with Crippen LogP contribution in [0.1, 0.15) is 52.4 Å². The Kier molecular flexibility index (Phi) is 6.09. The molecular formula is C14H28N2O2. The number of nitrogens with one attached hydrogen (secondary N) is 1. The molecular weight excluding hydrogens is 228 g/mol. The monoisotopic (exact) mass is 256 g/mol. The molecule has 1 saturated carbocycles. The molecule has 4 heteroatoms. The van der Waals surface area contributed by atoms with Crippen molar-refractivity contribution in [1.29, 1.82) is 0 Å².